The summed E-state index contributed by atoms with van der Waals surface area (Å²) in [6, 6.07) is 9.46. The minimum absolute atomic E-state index is 0.144. The molecule has 0 unspecified atom stereocenters. The van der Waals surface area contributed by atoms with Gasteiger partial charge in [0.05, 0.1) is 6.61 Å². The number of para-hydroxylation sites is 1. The third-order valence-corrected chi connectivity index (χ3v) is 2.01. The van der Waals surface area contributed by atoms with Gasteiger partial charge in [-0.15, -0.1) is 0 Å². The summed E-state index contributed by atoms with van der Waals surface area (Å²) in [5.41, 5.74) is 0.448. The van der Waals surface area contributed by atoms with Crippen molar-refractivity contribution in [3.63, 3.8) is 0 Å². The predicted molar refractivity (Wildman–Crippen MR) is 59.9 cm³/mol. The number of ether oxygens (including phenoxy) is 2. The number of nitrogens with zero attached hydrogens (tertiary/aromatic N) is 1. The van der Waals surface area contributed by atoms with E-state index in [0.717, 1.165) is 5.75 Å². The van der Waals surface area contributed by atoms with Gasteiger partial charge in [0.2, 0.25) is 0 Å². The van der Waals surface area contributed by atoms with Crippen molar-refractivity contribution in [3.05, 3.63) is 42.3 Å². The molecule has 90 valence electrons. The summed E-state index contributed by atoms with van der Waals surface area (Å²) < 4.78 is 15.6. The third kappa shape index (κ3) is 3.49. The maximum absolute atomic E-state index is 8.77. The summed E-state index contributed by atoms with van der Waals surface area (Å²) in [7, 11) is 0. The molecule has 2 rings (SSSR count). The van der Waals surface area contributed by atoms with Crippen LogP contribution in [0.1, 0.15) is 5.69 Å². The highest BCUT2D eigenvalue weighted by molar-refractivity contribution is 5.20. The molecular formula is C12H13NO4. The highest BCUT2D eigenvalue weighted by atomic mass is 16.6. The van der Waals surface area contributed by atoms with Crippen LogP contribution in [0, 0.1) is 0 Å². The number of aromatic nitrogens is 1. The van der Waals surface area contributed by atoms with Crippen molar-refractivity contribution < 1.29 is 19.0 Å². The molecule has 0 radical (unpaired) electrons. The summed E-state index contributed by atoms with van der Waals surface area (Å²) in [6.07, 6.45) is 1.50. The molecule has 1 aromatic heterocycles. The van der Waals surface area contributed by atoms with E-state index in [0.29, 0.717) is 18.9 Å². The molecule has 0 fully saturated rings. The summed E-state index contributed by atoms with van der Waals surface area (Å²) in [6.45, 7) is 0.578. The Balaban J connectivity index is 1.69. The maximum atomic E-state index is 8.77. The van der Waals surface area contributed by atoms with Crippen LogP contribution in [0.2, 0.25) is 0 Å². The Morgan fingerprint density at radius 1 is 1.12 bits per heavy atom. The van der Waals surface area contributed by atoms with Gasteiger partial charge in [0.1, 0.15) is 30.9 Å². The van der Waals surface area contributed by atoms with Crippen molar-refractivity contribution in [1.29, 1.82) is 0 Å². The Morgan fingerprint density at radius 2 is 1.88 bits per heavy atom. The average Bonchev–Trinajstić information content (AvgIpc) is 2.84. The zero-order valence-electron chi connectivity index (χ0n) is 9.20. The number of aliphatic hydroxyl groups excluding tert-OH is 1. The first-order valence-electron chi connectivity index (χ1n) is 5.24. The molecule has 2 aromatic rings. The van der Waals surface area contributed by atoms with E-state index in [4.69, 9.17) is 19.0 Å². The zero-order valence-corrected chi connectivity index (χ0v) is 9.20. The van der Waals surface area contributed by atoms with Gasteiger partial charge >= 0.3 is 6.08 Å². The van der Waals surface area contributed by atoms with Gasteiger partial charge in [-0.3, -0.25) is 0 Å². The lowest BCUT2D eigenvalue weighted by molar-refractivity contribution is 0.176. The Bertz CT molecular complexity index is 441. The Labute approximate surface area is 98.6 Å². The van der Waals surface area contributed by atoms with Crippen molar-refractivity contribution in [2.75, 3.05) is 13.2 Å². The monoisotopic (exact) mass is 235 g/mol. The van der Waals surface area contributed by atoms with E-state index in [-0.39, 0.29) is 12.7 Å². The molecule has 5 heteroatoms. The lowest BCUT2D eigenvalue weighted by Crippen LogP contribution is -2.09. The average molecular weight is 235 g/mol. The first-order chi connectivity index (χ1) is 8.38. The molecule has 0 aliphatic heterocycles. The molecule has 1 aromatic carbocycles. The second kappa shape index (κ2) is 5.91. The van der Waals surface area contributed by atoms with Gasteiger partial charge < -0.3 is 19.0 Å². The van der Waals surface area contributed by atoms with Crippen LogP contribution >= 0.6 is 0 Å². The largest absolute Gasteiger partial charge is 0.490 e. The van der Waals surface area contributed by atoms with Crippen molar-refractivity contribution in [2.45, 2.75) is 6.61 Å². The van der Waals surface area contributed by atoms with Crippen LogP contribution in [-0.2, 0) is 6.61 Å². The zero-order chi connectivity index (χ0) is 11.9. The summed E-state index contributed by atoms with van der Waals surface area (Å²) in [4.78, 5) is 3.88. The van der Waals surface area contributed by atoms with Crippen molar-refractivity contribution in [1.82, 2.24) is 4.98 Å². The number of aliphatic hydroxyl groups is 1. The molecule has 0 bridgehead atoms. The van der Waals surface area contributed by atoms with Gasteiger partial charge in [0, 0.05) is 0 Å². The van der Waals surface area contributed by atoms with Crippen LogP contribution < -0.4 is 9.47 Å². The number of rotatable bonds is 6. The molecule has 0 saturated carbocycles. The normalized spacial score (nSPS) is 10.2. The molecular weight excluding hydrogens is 222 g/mol. The summed E-state index contributed by atoms with van der Waals surface area (Å²) in [5.74, 6) is 0.791. The Morgan fingerprint density at radius 3 is 2.59 bits per heavy atom. The van der Waals surface area contributed by atoms with Crippen LogP contribution in [0.4, 0.5) is 0 Å². The summed E-state index contributed by atoms with van der Waals surface area (Å²) in [5, 5.41) is 8.77. The first kappa shape index (κ1) is 11.5. The highest BCUT2D eigenvalue weighted by Crippen LogP contribution is 2.10. The maximum Gasteiger partial charge on any atom is 0.393 e. The second-order valence-electron chi connectivity index (χ2n) is 3.27. The fourth-order valence-corrected chi connectivity index (χ4v) is 1.23. The minimum Gasteiger partial charge on any atom is -0.490 e. The van der Waals surface area contributed by atoms with E-state index in [9.17, 15) is 0 Å². The number of benzene rings is 1. The fraction of sp³-hybridized carbons (Fsp3) is 0.250. The SMILES string of the molecule is OCc1coc(OCCOc2ccccc2)n1. The topological polar surface area (TPSA) is 64.7 Å². The summed E-state index contributed by atoms with van der Waals surface area (Å²) >= 11 is 0. The van der Waals surface area contributed by atoms with Gasteiger partial charge in [-0.25, -0.2) is 0 Å². The first-order valence-corrected chi connectivity index (χ1v) is 5.24. The molecule has 17 heavy (non-hydrogen) atoms. The van der Waals surface area contributed by atoms with E-state index in [1.54, 1.807) is 0 Å². The lowest BCUT2D eigenvalue weighted by Gasteiger charge is -2.05. The van der Waals surface area contributed by atoms with Crippen LogP contribution in [0.25, 0.3) is 0 Å². The van der Waals surface area contributed by atoms with Gasteiger partial charge in [0.15, 0.2) is 0 Å². The molecule has 0 aliphatic carbocycles. The van der Waals surface area contributed by atoms with Crippen molar-refractivity contribution >= 4 is 0 Å². The van der Waals surface area contributed by atoms with Crippen molar-refractivity contribution in [2.24, 2.45) is 0 Å². The number of hydrogen-bond acceptors (Lipinski definition) is 5. The van der Waals surface area contributed by atoms with Crippen LogP contribution in [0.15, 0.2) is 41.0 Å². The van der Waals surface area contributed by atoms with E-state index >= 15 is 0 Å². The standard InChI is InChI=1S/C12H13NO4/c14-8-10-9-17-12(13-10)16-7-6-15-11-4-2-1-3-5-11/h1-5,9,14H,6-8H2. The Hall–Kier alpha value is -2.01. The quantitative estimate of drug-likeness (QED) is 0.771. The second-order valence-corrected chi connectivity index (χ2v) is 3.27. The van der Waals surface area contributed by atoms with Crippen molar-refractivity contribution in [3.8, 4) is 11.8 Å². The molecule has 0 saturated heterocycles. The number of hydrogen-bond donors (Lipinski definition) is 1. The molecule has 1 heterocycles. The van der Waals surface area contributed by atoms with Crippen LogP contribution in [0.3, 0.4) is 0 Å². The van der Waals surface area contributed by atoms with E-state index in [1.807, 2.05) is 30.3 Å². The van der Waals surface area contributed by atoms with Crippen LogP contribution in [-0.4, -0.2) is 23.3 Å². The number of oxazole rings is 1. The van der Waals surface area contributed by atoms with E-state index < -0.39 is 0 Å². The molecule has 0 atom stereocenters. The molecule has 0 spiro atoms. The van der Waals surface area contributed by atoms with Crippen LogP contribution in [0.5, 0.6) is 11.8 Å². The molecule has 0 aliphatic rings. The minimum atomic E-state index is -0.159. The molecule has 1 N–H and O–H groups in total. The van der Waals surface area contributed by atoms with Gasteiger partial charge in [-0.1, -0.05) is 18.2 Å². The highest BCUT2D eigenvalue weighted by Gasteiger charge is 2.03. The van der Waals surface area contributed by atoms with Gasteiger partial charge in [-0.2, -0.15) is 4.98 Å². The molecule has 5 nitrogen and oxygen atoms in total. The lowest BCUT2D eigenvalue weighted by atomic mass is 10.3. The third-order valence-electron chi connectivity index (χ3n) is 2.01. The smallest absolute Gasteiger partial charge is 0.393 e. The predicted octanol–water partition coefficient (Wildman–Crippen LogP) is 1.62. The van der Waals surface area contributed by atoms with E-state index in [2.05, 4.69) is 4.98 Å². The van der Waals surface area contributed by atoms with Gasteiger partial charge in [0.25, 0.3) is 0 Å². The molecule has 0 amide bonds. The Kier molecular flexibility index (Phi) is 3.99. The van der Waals surface area contributed by atoms with Gasteiger partial charge in [-0.05, 0) is 12.1 Å². The fourth-order valence-electron chi connectivity index (χ4n) is 1.23. The van der Waals surface area contributed by atoms with E-state index in [1.165, 1.54) is 6.26 Å².